The highest BCUT2D eigenvalue weighted by Gasteiger charge is 2.20. The van der Waals surface area contributed by atoms with Crippen LogP contribution in [-0.4, -0.2) is 21.0 Å². The summed E-state index contributed by atoms with van der Waals surface area (Å²) in [5.41, 5.74) is 4.48. The van der Waals surface area contributed by atoms with E-state index in [2.05, 4.69) is 16.9 Å². The molecule has 134 valence electrons. The first-order valence-electron chi connectivity index (χ1n) is 8.68. The fourth-order valence-electron chi connectivity index (χ4n) is 2.77. The quantitative estimate of drug-likeness (QED) is 0.762. The molecule has 5 nitrogen and oxygen atoms in total. The SMILES string of the molecule is CCCCC(OCc1nc(C)c(C)nc1C)c1ccccc1C(=O)O. The Balaban J connectivity index is 2.25. The largest absolute Gasteiger partial charge is 0.478 e. The van der Waals surface area contributed by atoms with E-state index in [1.807, 2.05) is 32.9 Å². The van der Waals surface area contributed by atoms with Gasteiger partial charge in [0.15, 0.2) is 0 Å². The van der Waals surface area contributed by atoms with E-state index in [0.717, 1.165) is 47.6 Å². The molecule has 2 rings (SSSR count). The Morgan fingerprint density at radius 3 is 2.48 bits per heavy atom. The van der Waals surface area contributed by atoms with E-state index in [1.54, 1.807) is 12.1 Å². The van der Waals surface area contributed by atoms with Gasteiger partial charge in [0, 0.05) is 0 Å². The van der Waals surface area contributed by atoms with Crippen molar-refractivity contribution in [3.8, 4) is 0 Å². The van der Waals surface area contributed by atoms with Gasteiger partial charge in [0.05, 0.1) is 41.1 Å². The maximum absolute atomic E-state index is 11.5. The third-order valence-electron chi connectivity index (χ3n) is 4.36. The zero-order valence-electron chi connectivity index (χ0n) is 15.4. The second-order valence-corrected chi connectivity index (χ2v) is 6.26. The number of hydrogen-bond acceptors (Lipinski definition) is 4. The molecule has 0 spiro atoms. The lowest BCUT2D eigenvalue weighted by molar-refractivity contribution is 0.0286. The fourth-order valence-corrected chi connectivity index (χ4v) is 2.77. The minimum Gasteiger partial charge on any atom is -0.478 e. The topological polar surface area (TPSA) is 72.3 Å². The van der Waals surface area contributed by atoms with E-state index in [0.29, 0.717) is 12.2 Å². The van der Waals surface area contributed by atoms with Crippen LogP contribution < -0.4 is 0 Å². The van der Waals surface area contributed by atoms with Crippen molar-refractivity contribution in [2.45, 2.75) is 59.7 Å². The summed E-state index contributed by atoms with van der Waals surface area (Å²) in [5.74, 6) is -0.928. The van der Waals surface area contributed by atoms with E-state index >= 15 is 0 Å². The Bertz CT molecular complexity index is 744. The molecule has 5 heteroatoms. The highest BCUT2D eigenvalue weighted by molar-refractivity contribution is 5.89. The highest BCUT2D eigenvalue weighted by atomic mass is 16.5. The number of hydrogen-bond donors (Lipinski definition) is 1. The number of rotatable bonds is 8. The van der Waals surface area contributed by atoms with Crippen molar-refractivity contribution >= 4 is 5.97 Å². The smallest absolute Gasteiger partial charge is 0.336 e. The molecular formula is C20H26N2O3. The van der Waals surface area contributed by atoms with Gasteiger partial charge in [0.25, 0.3) is 0 Å². The van der Waals surface area contributed by atoms with Crippen LogP contribution in [0.2, 0.25) is 0 Å². The number of aromatic nitrogens is 2. The summed E-state index contributed by atoms with van der Waals surface area (Å²) < 4.78 is 6.12. The van der Waals surface area contributed by atoms with Gasteiger partial charge in [-0.15, -0.1) is 0 Å². The van der Waals surface area contributed by atoms with E-state index in [-0.39, 0.29) is 6.10 Å². The molecule has 0 aliphatic carbocycles. The van der Waals surface area contributed by atoms with Crippen molar-refractivity contribution in [3.05, 3.63) is 58.2 Å². The lowest BCUT2D eigenvalue weighted by Crippen LogP contribution is -2.12. The van der Waals surface area contributed by atoms with Crippen LogP contribution >= 0.6 is 0 Å². The predicted octanol–water partition coefficient (Wildman–Crippen LogP) is 4.55. The van der Waals surface area contributed by atoms with E-state index < -0.39 is 5.97 Å². The van der Waals surface area contributed by atoms with Gasteiger partial charge in [-0.3, -0.25) is 9.97 Å². The van der Waals surface area contributed by atoms with Gasteiger partial charge in [-0.1, -0.05) is 38.0 Å². The first-order chi connectivity index (χ1) is 11.9. The van der Waals surface area contributed by atoms with Crippen LogP contribution in [0.15, 0.2) is 24.3 Å². The Morgan fingerprint density at radius 2 is 1.80 bits per heavy atom. The lowest BCUT2D eigenvalue weighted by atomic mass is 9.98. The Kier molecular flexibility index (Phi) is 6.65. The van der Waals surface area contributed by atoms with Crippen LogP contribution in [0.25, 0.3) is 0 Å². The highest BCUT2D eigenvalue weighted by Crippen LogP contribution is 2.28. The van der Waals surface area contributed by atoms with Gasteiger partial charge in [-0.2, -0.15) is 0 Å². The molecule has 1 atom stereocenters. The number of carboxylic acids is 1. The van der Waals surface area contributed by atoms with Crippen LogP contribution in [-0.2, 0) is 11.3 Å². The minimum absolute atomic E-state index is 0.268. The summed E-state index contributed by atoms with van der Waals surface area (Å²) in [6, 6.07) is 7.05. The van der Waals surface area contributed by atoms with Gasteiger partial charge in [0.1, 0.15) is 0 Å². The predicted molar refractivity (Wildman–Crippen MR) is 96.7 cm³/mol. The average Bonchev–Trinajstić information content (AvgIpc) is 2.59. The second kappa shape index (κ2) is 8.72. The molecule has 0 saturated carbocycles. The first-order valence-corrected chi connectivity index (χ1v) is 8.68. The first kappa shape index (κ1) is 19.1. The zero-order valence-corrected chi connectivity index (χ0v) is 15.4. The molecular weight excluding hydrogens is 316 g/mol. The van der Waals surface area contributed by atoms with Crippen LogP contribution in [0.4, 0.5) is 0 Å². The summed E-state index contributed by atoms with van der Waals surface area (Å²) in [7, 11) is 0. The summed E-state index contributed by atoms with van der Waals surface area (Å²) in [6.45, 7) is 8.22. The zero-order chi connectivity index (χ0) is 18.4. The third kappa shape index (κ3) is 4.86. The monoisotopic (exact) mass is 342 g/mol. The van der Waals surface area contributed by atoms with Crippen molar-refractivity contribution in [2.24, 2.45) is 0 Å². The molecule has 1 N–H and O–H groups in total. The van der Waals surface area contributed by atoms with Crippen LogP contribution in [0.3, 0.4) is 0 Å². The molecule has 0 aliphatic heterocycles. The number of carbonyl (C=O) groups is 1. The molecule has 1 aromatic heterocycles. The van der Waals surface area contributed by atoms with Crippen molar-refractivity contribution < 1.29 is 14.6 Å². The second-order valence-electron chi connectivity index (χ2n) is 6.26. The number of aromatic carboxylic acids is 1. The summed E-state index contributed by atoms with van der Waals surface area (Å²) in [5, 5.41) is 9.46. The molecule has 2 aromatic rings. The normalized spacial score (nSPS) is 12.2. The van der Waals surface area contributed by atoms with Gasteiger partial charge in [-0.05, 0) is 38.8 Å². The van der Waals surface area contributed by atoms with Crippen molar-refractivity contribution in [1.29, 1.82) is 0 Å². The Labute approximate surface area is 149 Å². The van der Waals surface area contributed by atoms with Gasteiger partial charge >= 0.3 is 5.97 Å². The summed E-state index contributed by atoms with van der Waals surface area (Å²) in [6.07, 6.45) is 2.50. The Hall–Kier alpha value is -2.27. The molecule has 25 heavy (non-hydrogen) atoms. The van der Waals surface area contributed by atoms with E-state index in [4.69, 9.17) is 4.74 Å². The van der Waals surface area contributed by atoms with E-state index in [9.17, 15) is 9.90 Å². The molecule has 0 saturated heterocycles. The van der Waals surface area contributed by atoms with Gasteiger partial charge < -0.3 is 9.84 Å². The van der Waals surface area contributed by atoms with Crippen molar-refractivity contribution in [3.63, 3.8) is 0 Å². The van der Waals surface area contributed by atoms with Gasteiger partial charge in [0.2, 0.25) is 0 Å². The molecule has 0 radical (unpaired) electrons. The Morgan fingerprint density at radius 1 is 1.12 bits per heavy atom. The third-order valence-corrected chi connectivity index (χ3v) is 4.36. The number of aryl methyl sites for hydroxylation is 3. The molecule has 1 unspecified atom stereocenters. The molecule has 0 bridgehead atoms. The minimum atomic E-state index is -0.928. The van der Waals surface area contributed by atoms with Crippen LogP contribution in [0, 0.1) is 20.8 Å². The number of unbranched alkanes of at least 4 members (excludes halogenated alkanes) is 1. The van der Waals surface area contributed by atoms with E-state index in [1.165, 1.54) is 0 Å². The number of ether oxygens (including phenoxy) is 1. The fraction of sp³-hybridized carbons (Fsp3) is 0.450. The van der Waals surface area contributed by atoms with Crippen molar-refractivity contribution in [1.82, 2.24) is 9.97 Å². The number of nitrogens with zero attached hydrogens (tertiary/aromatic N) is 2. The summed E-state index contributed by atoms with van der Waals surface area (Å²) >= 11 is 0. The van der Waals surface area contributed by atoms with Crippen LogP contribution in [0.5, 0.6) is 0 Å². The average molecular weight is 342 g/mol. The molecule has 1 heterocycles. The molecule has 1 aromatic carbocycles. The van der Waals surface area contributed by atoms with Crippen molar-refractivity contribution in [2.75, 3.05) is 0 Å². The molecule has 0 aliphatic rings. The molecule has 0 fully saturated rings. The maximum atomic E-state index is 11.5. The van der Waals surface area contributed by atoms with Crippen LogP contribution in [0.1, 0.15) is 71.0 Å². The number of carboxylic acid groups (broad SMARTS) is 1. The lowest BCUT2D eigenvalue weighted by Gasteiger charge is -2.20. The molecule has 0 amide bonds. The van der Waals surface area contributed by atoms with Gasteiger partial charge in [-0.25, -0.2) is 4.79 Å². The maximum Gasteiger partial charge on any atom is 0.336 e. The standard InChI is InChI=1S/C20H26N2O3/c1-5-6-11-19(16-9-7-8-10-17(16)20(23)24)25-12-18-15(4)21-13(2)14(3)22-18/h7-10,19H,5-6,11-12H2,1-4H3,(H,23,24). The number of benzene rings is 1. The summed E-state index contributed by atoms with van der Waals surface area (Å²) in [4.78, 5) is 20.6.